The Kier molecular flexibility index (Phi) is 5.87. The second kappa shape index (κ2) is 8.30. The number of benzene rings is 1. The standard InChI is InChI=1S/C16H13F2N3O2S2/c17-15(18)24-12-5-3-10(4-6-12)8-13-14(22)20-16(25-13)21-19-9-11-2-1-7-23-11/h1-7,9,13,15H,8H2,(H,20,21,22)/b19-9-/t13-/m0/s1. The molecule has 1 aromatic heterocycles. The van der Waals surface area contributed by atoms with E-state index in [4.69, 9.17) is 4.42 Å². The summed E-state index contributed by atoms with van der Waals surface area (Å²) in [5, 5.41) is 10.6. The molecule has 9 heteroatoms. The Bertz CT molecular complexity index is 777. The van der Waals surface area contributed by atoms with Crippen molar-refractivity contribution in [2.45, 2.75) is 22.3 Å². The van der Waals surface area contributed by atoms with Gasteiger partial charge in [-0.3, -0.25) is 4.79 Å². The summed E-state index contributed by atoms with van der Waals surface area (Å²) in [5.41, 5.74) is 0.895. The van der Waals surface area contributed by atoms with Crippen molar-refractivity contribution in [1.29, 1.82) is 0 Å². The first-order valence-electron chi connectivity index (χ1n) is 7.26. The normalized spacial score (nSPS) is 19.2. The molecule has 0 spiro atoms. The van der Waals surface area contributed by atoms with E-state index in [9.17, 15) is 13.6 Å². The maximum absolute atomic E-state index is 12.3. The molecule has 0 saturated carbocycles. The van der Waals surface area contributed by atoms with E-state index in [0.717, 1.165) is 5.56 Å². The monoisotopic (exact) mass is 381 g/mol. The molecule has 1 aromatic carbocycles. The smallest absolute Gasteiger partial charge is 0.288 e. The van der Waals surface area contributed by atoms with E-state index in [2.05, 4.69) is 15.5 Å². The second-order valence-corrected chi connectivity index (χ2v) is 7.24. The zero-order chi connectivity index (χ0) is 17.6. The lowest BCUT2D eigenvalue weighted by molar-refractivity contribution is -0.118. The number of carbonyl (C=O) groups is 1. The van der Waals surface area contributed by atoms with Crippen LogP contribution in [0.3, 0.4) is 0 Å². The molecular formula is C16H13F2N3O2S2. The number of nitrogens with zero attached hydrogens (tertiary/aromatic N) is 2. The predicted octanol–water partition coefficient (Wildman–Crippen LogP) is 3.76. The summed E-state index contributed by atoms with van der Waals surface area (Å²) in [5.74, 6) is -2.03. The minimum atomic E-state index is -2.44. The van der Waals surface area contributed by atoms with Crippen LogP contribution in [-0.2, 0) is 11.2 Å². The number of amides is 1. The fourth-order valence-electron chi connectivity index (χ4n) is 2.11. The van der Waals surface area contributed by atoms with Crippen LogP contribution < -0.4 is 5.32 Å². The number of thioether (sulfide) groups is 2. The predicted molar refractivity (Wildman–Crippen MR) is 95.3 cm³/mol. The molecule has 1 aliphatic rings. The first-order chi connectivity index (χ1) is 12.1. The van der Waals surface area contributed by atoms with Gasteiger partial charge in [0.05, 0.1) is 17.7 Å². The Labute approximate surface area is 151 Å². The van der Waals surface area contributed by atoms with Gasteiger partial charge in [-0.15, -0.1) is 5.10 Å². The van der Waals surface area contributed by atoms with Gasteiger partial charge in [0.25, 0.3) is 5.76 Å². The molecule has 25 heavy (non-hydrogen) atoms. The molecule has 0 aliphatic carbocycles. The zero-order valence-corrected chi connectivity index (χ0v) is 14.4. The SMILES string of the molecule is O=C1N/C(=N/N=C\c2ccco2)S[C@H]1Cc1ccc(SC(F)F)cc1. The number of halogens is 2. The van der Waals surface area contributed by atoms with Crippen molar-refractivity contribution in [3.63, 3.8) is 0 Å². The van der Waals surface area contributed by atoms with Crippen molar-refractivity contribution in [1.82, 2.24) is 5.32 Å². The van der Waals surface area contributed by atoms with E-state index in [1.807, 2.05) is 0 Å². The molecule has 0 bridgehead atoms. The summed E-state index contributed by atoms with van der Waals surface area (Å²) in [6, 6.07) is 10.2. The maximum Gasteiger partial charge on any atom is 0.288 e. The van der Waals surface area contributed by atoms with Gasteiger partial charge in [-0.1, -0.05) is 35.7 Å². The van der Waals surface area contributed by atoms with E-state index in [1.54, 1.807) is 36.4 Å². The van der Waals surface area contributed by atoms with Crippen LogP contribution in [0.4, 0.5) is 8.78 Å². The van der Waals surface area contributed by atoms with Gasteiger partial charge >= 0.3 is 0 Å². The Morgan fingerprint density at radius 2 is 2.12 bits per heavy atom. The first kappa shape index (κ1) is 17.7. The van der Waals surface area contributed by atoms with Gasteiger partial charge in [0.1, 0.15) is 5.76 Å². The van der Waals surface area contributed by atoms with Gasteiger partial charge < -0.3 is 9.73 Å². The minimum absolute atomic E-state index is 0.150. The minimum Gasteiger partial charge on any atom is -0.463 e. The molecule has 1 N–H and O–H groups in total. The van der Waals surface area contributed by atoms with Crippen molar-refractivity contribution < 1.29 is 18.0 Å². The average molecular weight is 381 g/mol. The van der Waals surface area contributed by atoms with Crippen molar-refractivity contribution in [2.75, 3.05) is 0 Å². The number of rotatable bonds is 6. The van der Waals surface area contributed by atoms with Crippen molar-refractivity contribution in [3.8, 4) is 0 Å². The largest absolute Gasteiger partial charge is 0.463 e. The lowest BCUT2D eigenvalue weighted by Crippen LogP contribution is -2.25. The van der Waals surface area contributed by atoms with E-state index in [0.29, 0.717) is 34.0 Å². The van der Waals surface area contributed by atoms with E-state index < -0.39 is 5.76 Å². The fourth-order valence-corrected chi connectivity index (χ4v) is 3.57. The lowest BCUT2D eigenvalue weighted by Gasteiger charge is -2.06. The molecular weight excluding hydrogens is 368 g/mol. The summed E-state index contributed by atoms with van der Waals surface area (Å²) in [6.45, 7) is 0. The van der Waals surface area contributed by atoms with Crippen molar-refractivity contribution >= 4 is 40.8 Å². The molecule has 1 aliphatic heterocycles. The van der Waals surface area contributed by atoms with Crippen molar-refractivity contribution in [2.24, 2.45) is 10.2 Å². The van der Waals surface area contributed by atoms with Crippen LogP contribution in [0.15, 0.2) is 62.2 Å². The molecule has 130 valence electrons. The number of furan rings is 1. The van der Waals surface area contributed by atoms with Crippen LogP contribution in [0.25, 0.3) is 0 Å². The van der Waals surface area contributed by atoms with Crippen LogP contribution >= 0.6 is 23.5 Å². The van der Waals surface area contributed by atoms with Crippen LogP contribution in [0.5, 0.6) is 0 Å². The number of amidine groups is 1. The van der Waals surface area contributed by atoms with Crippen LogP contribution in [-0.4, -0.2) is 28.3 Å². The summed E-state index contributed by atoms with van der Waals surface area (Å²) in [7, 11) is 0. The molecule has 3 rings (SSSR count). The van der Waals surface area contributed by atoms with Gasteiger partial charge in [0.15, 0.2) is 5.17 Å². The Hall–Kier alpha value is -2.13. The van der Waals surface area contributed by atoms with Crippen molar-refractivity contribution in [3.05, 3.63) is 54.0 Å². The van der Waals surface area contributed by atoms with Crippen LogP contribution in [0, 0.1) is 0 Å². The topological polar surface area (TPSA) is 67.0 Å². The van der Waals surface area contributed by atoms with Gasteiger partial charge in [-0.25, -0.2) is 0 Å². The highest BCUT2D eigenvalue weighted by Crippen LogP contribution is 2.27. The molecule has 0 unspecified atom stereocenters. The highest BCUT2D eigenvalue weighted by Gasteiger charge is 2.30. The highest BCUT2D eigenvalue weighted by atomic mass is 32.2. The molecule has 5 nitrogen and oxygen atoms in total. The summed E-state index contributed by atoms with van der Waals surface area (Å²) >= 11 is 1.78. The Morgan fingerprint density at radius 3 is 2.80 bits per heavy atom. The number of hydrogen-bond donors (Lipinski definition) is 1. The third kappa shape index (κ3) is 5.17. The average Bonchev–Trinajstić information content (AvgIpc) is 3.19. The number of hydrogen-bond acceptors (Lipinski definition) is 6. The maximum atomic E-state index is 12.3. The first-order valence-corrected chi connectivity index (χ1v) is 9.02. The molecule has 0 radical (unpaired) electrons. The Balaban J connectivity index is 1.57. The summed E-state index contributed by atoms with van der Waals surface area (Å²) in [4.78, 5) is 12.5. The van der Waals surface area contributed by atoms with E-state index in [1.165, 1.54) is 24.2 Å². The lowest BCUT2D eigenvalue weighted by atomic mass is 10.1. The van der Waals surface area contributed by atoms with Crippen LogP contribution in [0.1, 0.15) is 11.3 Å². The summed E-state index contributed by atoms with van der Waals surface area (Å²) in [6.07, 6.45) is 3.46. The number of alkyl halides is 2. The fraction of sp³-hybridized carbons (Fsp3) is 0.188. The Morgan fingerprint density at radius 1 is 1.32 bits per heavy atom. The van der Waals surface area contributed by atoms with Crippen LogP contribution in [0.2, 0.25) is 0 Å². The molecule has 1 saturated heterocycles. The van der Waals surface area contributed by atoms with Gasteiger partial charge in [0.2, 0.25) is 5.91 Å². The van der Waals surface area contributed by atoms with Gasteiger partial charge in [-0.05, 0) is 36.2 Å². The molecule has 1 fully saturated rings. The van der Waals surface area contributed by atoms with E-state index >= 15 is 0 Å². The zero-order valence-electron chi connectivity index (χ0n) is 12.8. The quantitative estimate of drug-likeness (QED) is 0.470. The molecule has 1 atom stereocenters. The third-order valence-corrected chi connectivity index (χ3v) is 5.02. The molecule has 2 heterocycles. The molecule has 1 amide bonds. The van der Waals surface area contributed by atoms with Gasteiger partial charge in [-0.2, -0.15) is 13.9 Å². The summed E-state index contributed by atoms with van der Waals surface area (Å²) < 4.78 is 29.7. The molecule has 2 aromatic rings. The van der Waals surface area contributed by atoms with Gasteiger partial charge in [0, 0.05) is 4.90 Å². The third-order valence-electron chi connectivity index (χ3n) is 3.22. The number of carbonyl (C=O) groups excluding carboxylic acids is 1. The second-order valence-electron chi connectivity index (χ2n) is 4.99. The highest BCUT2D eigenvalue weighted by molar-refractivity contribution is 8.15. The number of nitrogens with one attached hydrogen (secondary N) is 1. The van der Waals surface area contributed by atoms with E-state index in [-0.39, 0.29) is 11.2 Å².